The first-order chi connectivity index (χ1) is 26.1. The summed E-state index contributed by atoms with van der Waals surface area (Å²) in [6, 6.07) is 67.9. The fourth-order valence-electron chi connectivity index (χ4n) is 8.69. The summed E-state index contributed by atoms with van der Waals surface area (Å²) in [4.78, 5) is 2.52. The van der Waals surface area contributed by atoms with E-state index in [1.807, 2.05) is 6.07 Å². The van der Waals surface area contributed by atoms with E-state index < -0.39 is 0 Å². The van der Waals surface area contributed by atoms with Gasteiger partial charge in [0.1, 0.15) is 11.2 Å². The summed E-state index contributed by atoms with van der Waals surface area (Å²) in [5, 5.41) is 2.19. The molecule has 0 unspecified atom stereocenters. The minimum atomic E-state index is -0.156. The second-order valence-corrected chi connectivity index (χ2v) is 14.4. The Bertz CT molecular complexity index is 2810. The van der Waals surface area contributed by atoms with E-state index in [1.54, 1.807) is 0 Å². The van der Waals surface area contributed by atoms with E-state index in [0.29, 0.717) is 0 Å². The molecule has 0 saturated carbocycles. The van der Waals surface area contributed by atoms with E-state index in [0.717, 1.165) is 39.0 Å². The molecule has 0 bridgehead atoms. The maximum Gasteiger partial charge on any atom is 0.137 e. The van der Waals surface area contributed by atoms with Gasteiger partial charge in [-0.25, -0.2) is 0 Å². The lowest BCUT2D eigenvalue weighted by Crippen LogP contribution is -2.16. The zero-order chi connectivity index (χ0) is 35.5. The van der Waals surface area contributed by atoms with Crippen molar-refractivity contribution in [2.75, 3.05) is 4.90 Å². The first-order valence-electron chi connectivity index (χ1n) is 18.4. The number of nitrogens with zero attached hydrogens (tertiary/aromatic N) is 1. The molecular weight excluding hydrogens is 643 g/mol. The van der Waals surface area contributed by atoms with Crippen LogP contribution in [0.4, 0.5) is 17.1 Å². The third-order valence-electron chi connectivity index (χ3n) is 11.1. The van der Waals surface area contributed by atoms with Crippen LogP contribution in [0.25, 0.3) is 66.4 Å². The Hall–Kier alpha value is -6.64. The lowest BCUT2D eigenvalue weighted by Gasteiger charge is -2.32. The van der Waals surface area contributed by atoms with Crippen LogP contribution in [0.2, 0.25) is 0 Å². The number of hydrogen-bond donors (Lipinski definition) is 0. The maximum atomic E-state index is 6.56. The Kier molecular flexibility index (Phi) is 7.19. The van der Waals surface area contributed by atoms with Crippen LogP contribution in [0.1, 0.15) is 25.0 Å². The largest absolute Gasteiger partial charge is 0.456 e. The molecule has 1 heterocycles. The number of benzene rings is 8. The van der Waals surface area contributed by atoms with E-state index >= 15 is 0 Å². The van der Waals surface area contributed by atoms with Crippen LogP contribution in [0, 0.1) is 0 Å². The van der Waals surface area contributed by atoms with Crippen molar-refractivity contribution >= 4 is 39.0 Å². The first-order valence-corrected chi connectivity index (χ1v) is 18.4. The lowest BCUT2D eigenvalue weighted by atomic mass is 9.82. The van der Waals surface area contributed by atoms with Gasteiger partial charge in [-0.15, -0.1) is 0 Å². The second-order valence-electron chi connectivity index (χ2n) is 14.4. The van der Waals surface area contributed by atoms with Gasteiger partial charge in [-0.2, -0.15) is 0 Å². The Morgan fingerprint density at radius 2 is 0.887 bits per heavy atom. The SMILES string of the molecule is CC1(C)c2ccccc2-c2c(N(c3cccc(-c4ccccc4)c3-c3ccccc3-c3ccccc3)c3cccc4oc5ccccc5c34)cccc21. The predicted molar refractivity (Wildman–Crippen MR) is 222 cm³/mol. The topological polar surface area (TPSA) is 16.4 Å². The zero-order valence-electron chi connectivity index (χ0n) is 29.8. The van der Waals surface area contributed by atoms with Crippen molar-refractivity contribution in [3.63, 3.8) is 0 Å². The highest BCUT2D eigenvalue weighted by atomic mass is 16.3. The molecule has 53 heavy (non-hydrogen) atoms. The average molecular weight is 680 g/mol. The van der Waals surface area contributed by atoms with Crippen LogP contribution in [-0.2, 0) is 5.41 Å². The van der Waals surface area contributed by atoms with Gasteiger partial charge in [0.15, 0.2) is 0 Å². The standard InChI is InChI=1S/C51H37NO/c1-51(2)41-27-13-11-24-39(41)49-42(51)28-16-30-44(49)52(45-31-17-33-47-50(45)40-25-12-14-32-46(40)53-47)43-29-15-26-37(35-20-7-4-8-21-35)48(43)38-23-10-9-22-36(38)34-18-5-3-6-19-34/h3-33H,1-2H3. The normalized spacial score (nSPS) is 12.9. The zero-order valence-corrected chi connectivity index (χ0v) is 29.8. The molecule has 1 aromatic heterocycles. The van der Waals surface area contributed by atoms with Crippen molar-refractivity contribution < 1.29 is 4.42 Å². The molecule has 9 aromatic rings. The van der Waals surface area contributed by atoms with Gasteiger partial charge < -0.3 is 9.32 Å². The van der Waals surface area contributed by atoms with Gasteiger partial charge in [0.2, 0.25) is 0 Å². The van der Waals surface area contributed by atoms with Gasteiger partial charge in [0.25, 0.3) is 0 Å². The summed E-state index contributed by atoms with van der Waals surface area (Å²) < 4.78 is 6.56. The van der Waals surface area contributed by atoms with Gasteiger partial charge in [-0.3, -0.25) is 0 Å². The molecular formula is C51H37NO. The summed E-state index contributed by atoms with van der Waals surface area (Å²) >= 11 is 0. The smallest absolute Gasteiger partial charge is 0.137 e. The third kappa shape index (κ3) is 4.87. The van der Waals surface area contributed by atoms with Gasteiger partial charge in [-0.05, 0) is 74.8 Å². The molecule has 0 atom stereocenters. The number of rotatable bonds is 6. The predicted octanol–water partition coefficient (Wildman–Crippen LogP) is 14.4. The van der Waals surface area contributed by atoms with Crippen molar-refractivity contribution in [1.82, 2.24) is 0 Å². The number of furan rings is 1. The minimum absolute atomic E-state index is 0.156. The fourth-order valence-corrected chi connectivity index (χ4v) is 8.69. The van der Waals surface area contributed by atoms with Crippen LogP contribution in [0.5, 0.6) is 0 Å². The summed E-state index contributed by atoms with van der Waals surface area (Å²) in [5.74, 6) is 0. The molecule has 2 nitrogen and oxygen atoms in total. The summed E-state index contributed by atoms with van der Waals surface area (Å²) in [7, 11) is 0. The van der Waals surface area contributed by atoms with Crippen molar-refractivity contribution in [3.05, 3.63) is 199 Å². The highest BCUT2D eigenvalue weighted by Crippen LogP contribution is 2.57. The van der Waals surface area contributed by atoms with Crippen LogP contribution in [0.3, 0.4) is 0 Å². The van der Waals surface area contributed by atoms with E-state index in [4.69, 9.17) is 4.42 Å². The summed E-state index contributed by atoms with van der Waals surface area (Å²) in [6.45, 7) is 4.71. The lowest BCUT2D eigenvalue weighted by molar-refractivity contribution is 0.660. The molecule has 1 aliphatic carbocycles. The van der Waals surface area contributed by atoms with Gasteiger partial charge in [0, 0.05) is 21.9 Å². The Balaban J connectivity index is 1.37. The van der Waals surface area contributed by atoms with Gasteiger partial charge in [-0.1, -0.05) is 172 Å². The molecule has 0 radical (unpaired) electrons. The van der Waals surface area contributed by atoms with Gasteiger partial charge >= 0.3 is 0 Å². The molecule has 0 fully saturated rings. The quantitative estimate of drug-likeness (QED) is 0.174. The number of para-hydroxylation sites is 1. The third-order valence-corrected chi connectivity index (χ3v) is 11.1. The minimum Gasteiger partial charge on any atom is -0.456 e. The molecule has 0 amide bonds. The Morgan fingerprint density at radius 1 is 0.377 bits per heavy atom. The van der Waals surface area contributed by atoms with E-state index in [9.17, 15) is 0 Å². The Morgan fingerprint density at radius 3 is 1.66 bits per heavy atom. The van der Waals surface area contributed by atoms with Crippen molar-refractivity contribution in [1.29, 1.82) is 0 Å². The monoisotopic (exact) mass is 679 g/mol. The second kappa shape index (κ2) is 12.3. The molecule has 0 saturated heterocycles. The highest BCUT2D eigenvalue weighted by Gasteiger charge is 2.38. The molecule has 10 rings (SSSR count). The fraction of sp³-hybridized carbons (Fsp3) is 0.0588. The Labute approximate surface area is 310 Å². The molecule has 252 valence electrons. The van der Waals surface area contributed by atoms with E-state index in [1.165, 1.54) is 55.6 Å². The van der Waals surface area contributed by atoms with Crippen LogP contribution in [-0.4, -0.2) is 0 Å². The van der Waals surface area contributed by atoms with Crippen LogP contribution in [0.15, 0.2) is 192 Å². The molecule has 0 spiro atoms. The van der Waals surface area contributed by atoms with E-state index in [2.05, 4.69) is 201 Å². The van der Waals surface area contributed by atoms with Crippen LogP contribution < -0.4 is 4.90 Å². The summed E-state index contributed by atoms with van der Waals surface area (Å²) in [5.41, 5.74) is 17.2. The van der Waals surface area contributed by atoms with Crippen molar-refractivity contribution in [2.45, 2.75) is 19.3 Å². The van der Waals surface area contributed by atoms with E-state index in [-0.39, 0.29) is 5.41 Å². The van der Waals surface area contributed by atoms with Crippen molar-refractivity contribution in [3.8, 4) is 44.5 Å². The number of hydrogen-bond acceptors (Lipinski definition) is 2. The highest BCUT2D eigenvalue weighted by molar-refractivity contribution is 6.15. The maximum absolute atomic E-state index is 6.56. The average Bonchev–Trinajstić information content (AvgIpc) is 3.71. The number of fused-ring (bicyclic) bond motifs is 6. The molecule has 0 N–H and O–H groups in total. The molecule has 8 aromatic carbocycles. The molecule has 1 aliphatic rings. The van der Waals surface area contributed by atoms with Crippen LogP contribution >= 0.6 is 0 Å². The molecule has 0 aliphatic heterocycles. The number of anilines is 3. The first kappa shape index (κ1) is 31.1. The van der Waals surface area contributed by atoms with Crippen molar-refractivity contribution in [2.24, 2.45) is 0 Å². The van der Waals surface area contributed by atoms with Gasteiger partial charge in [0.05, 0.1) is 22.4 Å². The molecule has 2 heteroatoms. The summed E-state index contributed by atoms with van der Waals surface area (Å²) in [6.07, 6.45) is 0.